The minimum atomic E-state index is -0.661. The van der Waals surface area contributed by atoms with E-state index in [1.807, 2.05) is 42.5 Å². The summed E-state index contributed by atoms with van der Waals surface area (Å²) >= 11 is 0. The molecule has 3 atom stereocenters. The van der Waals surface area contributed by atoms with Crippen LogP contribution in [0.5, 0.6) is 0 Å². The maximum Gasteiger partial charge on any atom is 0.407 e. The van der Waals surface area contributed by atoms with Gasteiger partial charge in [0.05, 0.1) is 23.1 Å². The Kier molecular flexibility index (Phi) is 7.86. The monoisotopic (exact) mass is 511 g/mol. The minimum Gasteiger partial charge on any atom is -0.446 e. The zero-order valence-electron chi connectivity index (χ0n) is 22.2. The van der Waals surface area contributed by atoms with Crippen LogP contribution in [0.3, 0.4) is 0 Å². The number of hydrogen-bond acceptors (Lipinski definition) is 6. The zero-order valence-corrected chi connectivity index (χ0v) is 22.2. The third-order valence-corrected chi connectivity index (χ3v) is 9.00. The lowest BCUT2D eigenvalue weighted by molar-refractivity contribution is 0.0307. The molecule has 1 amide bonds. The fourth-order valence-electron chi connectivity index (χ4n) is 7.07. The van der Waals surface area contributed by atoms with Crippen LogP contribution in [0.4, 0.5) is 10.5 Å². The summed E-state index contributed by atoms with van der Waals surface area (Å²) in [6.45, 7) is 5.14. The van der Waals surface area contributed by atoms with E-state index in [4.69, 9.17) is 10.00 Å². The van der Waals surface area contributed by atoms with Gasteiger partial charge in [-0.05, 0) is 80.9 Å². The molecule has 2 aromatic carbocycles. The molecule has 0 radical (unpaired) electrons. The number of nitrogens with zero attached hydrogens (tertiary/aromatic N) is 4. The van der Waals surface area contributed by atoms with Crippen LogP contribution in [0.25, 0.3) is 0 Å². The van der Waals surface area contributed by atoms with Crippen LogP contribution in [-0.2, 0) is 10.2 Å². The molecule has 0 aromatic heterocycles. The lowest BCUT2D eigenvalue weighted by Crippen LogP contribution is -2.54. The summed E-state index contributed by atoms with van der Waals surface area (Å²) < 4.78 is 5.82. The Morgan fingerprint density at radius 3 is 2.37 bits per heavy atom. The molecular formula is C31H37N5O2. The van der Waals surface area contributed by atoms with Gasteiger partial charge in [0.25, 0.3) is 0 Å². The van der Waals surface area contributed by atoms with Gasteiger partial charge in [0, 0.05) is 44.2 Å². The number of nitrogens with one attached hydrogen (secondary N) is 1. The van der Waals surface area contributed by atoms with Crippen LogP contribution in [0.1, 0.15) is 43.2 Å². The van der Waals surface area contributed by atoms with Gasteiger partial charge >= 0.3 is 6.09 Å². The smallest absolute Gasteiger partial charge is 0.407 e. The van der Waals surface area contributed by atoms with E-state index in [9.17, 15) is 10.1 Å². The molecule has 1 N–H and O–H groups in total. The molecule has 2 aliphatic heterocycles. The van der Waals surface area contributed by atoms with Gasteiger partial charge in [0.2, 0.25) is 0 Å². The van der Waals surface area contributed by atoms with Gasteiger partial charge in [-0.25, -0.2) is 4.79 Å². The van der Waals surface area contributed by atoms with Gasteiger partial charge in [-0.2, -0.15) is 10.5 Å². The largest absolute Gasteiger partial charge is 0.446 e. The predicted octanol–water partition coefficient (Wildman–Crippen LogP) is 4.69. The van der Waals surface area contributed by atoms with Crippen LogP contribution in [-0.4, -0.2) is 56.9 Å². The third kappa shape index (κ3) is 5.08. The maximum atomic E-state index is 12.1. The first kappa shape index (κ1) is 26.1. The summed E-state index contributed by atoms with van der Waals surface area (Å²) in [5, 5.41) is 22.4. The van der Waals surface area contributed by atoms with E-state index in [1.165, 1.54) is 5.69 Å². The highest BCUT2D eigenvalue weighted by Gasteiger charge is 2.53. The predicted molar refractivity (Wildman–Crippen MR) is 146 cm³/mol. The molecule has 0 spiro atoms. The Hall–Kier alpha value is -3.55. The van der Waals surface area contributed by atoms with Crippen molar-refractivity contribution in [1.29, 1.82) is 10.5 Å². The number of rotatable bonds is 7. The van der Waals surface area contributed by atoms with Crippen molar-refractivity contribution in [3.8, 4) is 12.1 Å². The Labute approximate surface area is 226 Å². The number of anilines is 1. The number of likely N-dealkylation sites (tertiary alicyclic amines) is 1. The van der Waals surface area contributed by atoms with Crippen molar-refractivity contribution in [2.75, 3.05) is 44.7 Å². The van der Waals surface area contributed by atoms with E-state index in [0.29, 0.717) is 11.5 Å². The molecule has 2 aromatic rings. The Balaban J connectivity index is 1.24. The molecule has 1 unspecified atom stereocenters. The van der Waals surface area contributed by atoms with Gasteiger partial charge in [-0.3, -0.25) is 0 Å². The number of alkyl carbamates (subject to hydrolysis) is 1. The Morgan fingerprint density at radius 1 is 1.03 bits per heavy atom. The SMILES string of the molecule is CNC(=O)O[C@H]1CCC[C@@H]1C(C#N)(c1ccccc1)C1CCN(CC2CN(c3ccc(C#N)cc3)C2)CC1. The summed E-state index contributed by atoms with van der Waals surface area (Å²) in [4.78, 5) is 17.1. The first-order chi connectivity index (χ1) is 18.6. The molecule has 5 rings (SSSR count). The van der Waals surface area contributed by atoms with Gasteiger partial charge in [0.15, 0.2) is 0 Å². The summed E-state index contributed by atoms with van der Waals surface area (Å²) in [7, 11) is 1.59. The molecule has 2 heterocycles. The second-order valence-corrected chi connectivity index (χ2v) is 11.1. The molecule has 1 aliphatic carbocycles. The molecule has 0 bridgehead atoms. The molecule has 7 nitrogen and oxygen atoms in total. The summed E-state index contributed by atoms with van der Waals surface area (Å²) in [5.41, 5.74) is 2.29. The van der Waals surface area contributed by atoms with E-state index in [1.54, 1.807) is 7.05 Å². The fraction of sp³-hybridized carbons (Fsp3) is 0.516. The van der Waals surface area contributed by atoms with Crippen molar-refractivity contribution < 1.29 is 9.53 Å². The number of ether oxygens (including phenoxy) is 1. The lowest BCUT2D eigenvalue weighted by atomic mass is 9.59. The van der Waals surface area contributed by atoms with Crippen molar-refractivity contribution in [3.05, 3.63) is 65.7 Å². The lowest BCUT2D eigenvalue weighted by Gasteiger charge is -2.47. The number of carbonyl (C=O) groups excluding carboxylic acids is 1. The van der Waals surface area contributed by atoms with E-state index >= 15 is 0 Å². The molecular weight excluding hydrogens is 474 g/mol. The van der Waals surface area contributed by atoms with Crippen molar-refractivity contribution in [1.82, 2.24) is 10.2 Å². The van der Waals surface area contributed by atoms with Crippen molar-refractivity contribution in [2.24, 2.45) is 17.8 Å². The van der Waals surface area contributed by atoms with Crippen molar-refractivity contribution >= 4 is 11.8 Å². The normalized spacial score (nSPS) is 24.0. The number of nitriles is 2. The number of hydrogen-bond donors (Lipinski definition) is 1. The number of piperidine rings is 1. The summed E-state index contributed by atoms with van der Waals surface area (Å²) in [6, 6.07) is 23.1. The molecule has 7 heteroatoms. The number of benzene rings is 2. The van der Waals surface area contributed by atoms with Crippen LogP contribution in [0.2, 0.25) is 0 Å². The van der Waals surface area contributed by atoms with Crippen LogP contribution < -0.4 is 10.2 Å². The van der Waals surface area contributed by atoms with E-state index < -0.39 is 11.5 Å². The van der Waals surface area contributed by atoms with Gasteiger partial charge in [-0.15, -0.1) is 0 Å². The molecule has 3 aliphatic rings. The summed E-state index contributed by atoms with van der Waals surface area (Å²) in [6.07, 6.45) is 3.97. The maximum absolute atomic E-state index is 12.1. The Morgan fingerprint density at radius 2 is 1.74 bits per heavy atom. The van der Waals surface area contributed by atoms with E-state index in [0.717, 1.165) is 70.4 Å². The van der Waals surface area contributed by atoms with Gasteiger partial charge < -0.3 is 19.9 Å². The molecule has 1 saturated carbocycles. The standard InChI is InChI=1S/C31H37N5O2/c1-34-30(37)38-29-9-5-8-28(29)31(22-33,25-6-3-2-4-7-25)26-14-16-35(17-15-26)19-24-20-36(21-24)27-12-10-23(18-32)11-13-27/h2-4,6-7,10-13,24,26,28-29H,5,8-9,14-17,19-21H2,1H3,(H,34,37)/t28-,29-,31?/m0/s1. The average Bonchev–Trinajstić information content (AvgIpc) is 3.41. The first-order valence-corrected chi connectivity index (χ1v) is 13.9. The highest BCUT2D eigenvalue weighted by atomic mass is 16.6. The number of carbonyl (C=O) groups is 1. The average molecular weight is 512 g/mol. The van der Waals surface area contributed by atoms with E-state index in [-0.39, 0.29) is 17.9 Å². The Bertz CT molecular complexity index is 1170. The molecule has 38 heavy (non-hydrogen) atoms. The quantitative estimate of drug-likeness (QED) is 0.580. The highest BCUT2D eigenvalue weighted by Crippen LogP contribution is 2.51. The van der Waals surface area contributed by atoms with Crippen molar-refractivity contribution in [3.63, 3.8) is 0 Å². The molecule has 198 valence electrons. The summed E-state index contributed by atoms with van der Waals surface area (Å²) in [5.74, 6) is 0.857. The molecule has 3 fully saturated rings. The van der Waals surface area contributed by atoms with Gasteiger partial charge in [-0.1, -0.05) is 30.3 Å². The van der Waals surface area contributed by atoms with Crippen molar-refractivity contribution in [2.45, 2.75) is 43.6 Å². The topological polar surface area (TPSA) is 92.4 Å². The first-order valence-electron chi connectivity index (χ1n) is 13.9. The van der Waals surface area contributed by atoms with Crippen LogP contribution >= 0.6 is 0 Å². The third-order valence-electron chi connectivity index (χ3n) is 9.00. The van der Waals surface area contributed by atoms with Crippen LogP contribution in [0, 0.1) is 40.4 Å². The van der Waals surface area contributed by atoms with Crippen LogP contribution in [0.15, 0.2) is 54.6 Å². The highest BCUT2D eigenvalue weighted by molar-refractivity contribution is 5.67. The fourth-order valence-corrected chi connectivity index (χ4v) is 7.07. The number of amides is 1. The molecule has 2 saturated heterocycles. The zero-order chi connectivity index (χ0) is 26.5. The second kappa shape index (κ2) is 11.5. The minimum absolute atomic E-state index is 0.00337. The second-order valence-electron chi connectivity index (χ2n) is 11.1. The van der Waals surface area contributed by atoms with Gasteiger partial charge in [0.1, 0.15) is 6.10 Å². The van der Waals surface area contributed by atoms with E-state index in [2.05, 4.69) is 39.4 Å².